The van der Waals surface area contributed by atoms with Crippen LogP contribution < -0.4 is 5.32 Å². The highest BCUT2D eigenvalue weighted by Gasteiger charge is 2.49. The molecule has 1 aliphatic heterocycles. The average molecular weight is 363 g/mol. The number of carbonyl (C=O) groups excluding carboxylic acids is 2. The van der Waals surface area contributed by atoms with Crippen LogP contribution in [-0.4, -0.2) is 42.1 Å². The zero-order valence-electron chi connectivity index (χ0n) is 16.5. The van der Waals surface area contributed by atoms with Crippen molar-refractivity contribution in [2.45, 2.75) is 64.9 Å². The zero-order chi connectivity index (χ0) is 18.5. The fourth-order valence-corrected chi connectivity index (χ4v) is 6.15. The maximum Gasteiger partial charge on any atom is 0.407 e. The van der Waals surface area contributed by atoms with Gasteiger partial charge in [0, 0.05) is 32.0 Å². The van der Waals surface area contributed by atoms with Crippen LogP contribution in [0.3, 0.4) is 0 Å². The number of ether oxygens (including phenoxy) is 1. The van der Waals surface area contributed by atoms with Crippen LogP contribution in [-0.2, 0) is 9.53 Å². The molecule has 0 aromatic heterocycles. The number of amides is 2. The van der Waals surface area contributed by atoms with Crippen LogP contribution in [0.15, 0.2) is 0 Å². The minimum absolute atomic E-state index is 0.344. The molecular weight excluding hydrogens is 328 g/mol. The Morgan fingerprint density at radius 1 is 1.00 bits per heavy atom. The molecule has 0 spiro atoms. The lowest BCUT2D eigenvalue weighted by atomic mass is 9.51. The van der Waals surface area contributed by atoms with Crippen molar-refractivity contribution in [1.82, 2.24) is 10.2 Å². The molecule has 5 nitrogen and oxygen atoms in total. The van der Waals surface area contributed by atoms with Gasteiger partial charge in [-0.3, -0.25) is 4.79 Å². The summed E-state index contributed by atoms with van der Waals surface area (Å²) in [6.07, 6.45) is 7.39. The lowest BCUT2D eigenvalue weighted by Gasteiger charge is -2.55. The molecule has 4 aliphatic carbocycles. The second-order valence-electron chi connectivity index (χ2n) is 10.3. The fourth-order valence-electron chi connectivity index (χ4n) is 6.15. The highest BCUT2D eigenvalue weighted by molar-refractivity contribution is 5.77. The number of hydrogen-bond acceptors (Lipinski definition) is 3. The number of likely N-dealkylation sites (tertiary alicyclic amines) is 1. The predicted octanol–water partition coefficient (Wildman–Crippen LogP) is 3.43. The van der Waals surface area contributed by atoms with Crippen molar-refractivity contribution in [1.29, 1.82) is 0 Å². The smallest absolute Gasteiger partial charge is 0.407 e. The maximum atomic E-state index is 12.7. The molecule has 5 fully saturated rings. The van der Waals surface area contributed by atoms with Crippen LogP contribution >= 0.6 is 0 Å². The van der Waals surface area contributed by atoms with Crippen LogP contribution in [0.1, 0.15) is 59.3 Å². The van der Waals surface area contributed by atoms with Gasteiger partial charge in [-0.15, -0.1) is 0 Å². The number of hydrogen-bond donors (Lipinski definition) is 1. The molecule has 1 N–H and O–H groups in total. The van der Waals surface area contributed by atoms with Gasteiger partial charge in [0.05, 0.1) is 0 Å². The normalized spacial score (nSPS) is 36.0. The fraction of sp³-hybridized carbons (Fsp3) is 0.905. The van der Waals surface area contributed by atoms with Gasteiger partial charge >= 0.3 is 6.09 Å². The van der Waals surface area contributed by atoms with Gasteiger partial charge in [0.1, 0.15) is 5.60 Å². The standard InChI is InChI=1S/C21H34N2O3/c1-21(2,3)26-20(25)22-10-15-11-23(12-15)19(24)9-18-16-5-13-4-14(7-16)8-17(18)6-13/h13-18H,4-12H2,1-3H3,(H,22,25). The van der Waals surface area contributed by atoms with Crippen LogP contribution in [0.5, 0.6) is 0 Å². The second-order valence-corrected chi connectivity index (χ2v) is 10.3. The van der Waals surface area contributed by atoms with E-state index >= 15 is 0 Å². The van der Waals surface area contributed by atoms with Crippen molar-refractivity contribution >= 4 is 12.0 Å². The van der Waals surface area contributed by atoms with Gasteiger partial charge in [-0.05, 0) is 82.5 Å². The van der Waals surface area contributed by atoms with Gasteiger partial charge in [-0.25, -0.2) is 4.79 Å². The molecule has 1 heterocycles. The molecule has 4 saturated carbocycles. The van der Waals surface area contributed by atoms with E-state index in [1.165, 1.54) is 32.1 Å². The Kier molecular flexibility index (Phi) is 4.68. The number of nitrogens with zero attached hydrogens (tertiary/aromatic N) is 1. The predicted molar refractivity (Wildman–Crippen MR) is 99.5 cm³/mol. The highest BCUT2D eigenvalue weighted by atomic mass is 16.6. The monoisotopic (exact) mass is 362 g/mol. The third kappa shape index (κ3) is 3.86. The molecule has 4 bridgehead atoms. The molecule has 146 valence electrons. The number of rotatable bonds is 4. The second kappa shape index (κ2) is 6.72. The summed E-state index contributed by atoms with van der Waals surface area (Å²) in [4.78, 5) is 26.4. The van der Waals surface area contributed by atoms with Crippen molar-refractivity contribution < 1.29 is 14.3 Å². The maximum absolute atomic E-state index is 12.7. The molecule has 5 heteroatoms. The Balaban J connectivity index is 1.18. The van der Waals surface area contributed by atoms with E-state index < -0.39 is 5.60 Å². The van der Waals surface area contributed by atoms with E-state index in [9.17, 15) is 9.59 Å². The third-order valence-electron chi connectivity index (χ3n) is 7.08. The summed E-state index contributed by atoms with van der Waals surface area (Å²) in [7, 11) is 0. The molecule has 0 unspecified atom stereocenters. The topological polar surface area (TPSA) is 58.6 Å². The Morgan fingerprint density at radius 3 is 2.12 bits per heavy atom. The van der Waals surface area contributed by atoms with E-state index in [2.05, 4.69) is 5.32 Å². The Hall–Kier alpha value is -1.26. The van der Waals surface area contributed by atoms with Gasteiger partial charge in [0.25, 0.3) is 0 Å². The van der Waals surface area contributed by atoms with Crippen molar-refractivity contribution in [3.63, 3.8) is 0 Å². The summed E-state index contributed by atoms with van der Waals surface area (Å²) < 4.78 is 5.26. The molecular formula is C21H34N2O3. The van der Waals surface area contributed by atoms with Crippen molar-refractivity contribution in [2.75, 3.05) is 19.6 Å². The minimum atomic E-state index is -0.468. The number of carbonyl (C=O) groups is 2. The molecule has 0 atom stereocenters. The van der Waals surface area contributed by atoms with Crippen molar-refractivity contribution in [3.8, 4) is 0 Å². The zero-order valence-corrected chi connectivity index (χ0v) is 16.5. The summed E-state index contributed by atoms with van der Waals surface area (Å²) in [6, 6.07) is 0. The van der Waals surface area contributed by atoms with Gasteiger partial charge in [-0.2, -0.15) is 0 Å². The summed E-state index contributed by atoms with van der Waals surface area (Å²) >= 11 is 0. The first-order valence-electron chi connectivity index (χ1n) is 10.5. The lowest BCUT2D eigenvalue weighted by molar-refractivity contribution is -0.142. The SMILES string of the molecule is CC(C)(C)OC(=O)NCC1CN(C(=O)CC2C3CC4CC(C3)CC2C4)C1. The summed E-state index contributed by atoms with van der Waals surface area (Å²) in [5.74, 6) is 4.93. The minimum Gasteiger partial charge on any atom is -0.444 e. The number of nitrogens with one attached hydrogen (secondary N) is 1. The van der Waals surface area contributed by atoms with E-state index in [0.29, 0.717) is 24.3 Å². The molecule has 5 aliphatic rings. The van der Waals surface area contributed by atoms with E-state index in [0.717, 1.165) is 43.2 Å². The molecule has 26 heavy (non-hydrogen) atoms. The summed E-state index contributed by atoms with van der Waals surface area (Å²) in [5.41, 5.74) is -0.468. The first-order valence-corrected chi connectivity index (χ1v) is 10.5. The quantitative estimate of drug-likeness (QED) is 0.833. The van der Waals surface area contributed by atoms with E-state index in [-0.39, 0.29) is 6.09 Å². The van der Waals surface area contributed by atoms with Crippen molar-refractivity contribution in [3.05, 3.63) is 0 Å². The highest BCUT2D eigenvalue weighted by Crippen LogP contribution is 2.57. The molecule has 1 saturated heterocycles. The first-order chi connectivity index (χ1) is 12.3. The molecule has 0 radical (unpaired) electrons. The van der Waals surface area contributed by atoms with Gasteiger partial charge in [-0.1, -0.05) is 0 Å². The van der Waals surface area contributed by atoms with Crippen molar-refractivity contribution in [2.24, 2.45) is 35.5 Å². The van der Waals surface area contributed by atoms with Crippen LogP contribution in [0.25, 0.3) is 0 Å². The van der Waals surface area contributed by atoms with Crippen LogP contribution in [0.2, 0.25) is 0 Å². The van der Waals surface area contributed by atoms with E-state index in [1.807, 2.05) is 25.7 Å². The Bertz CT molecular complexity index is 534. The van der Waals surface area contributed by atoms with E-state index in [1.54, 1.807) is 0 Å². The Morgan fingerprint density at radius 2 is 1.58 bits per heavy atom. The first kappa shape index (κ1) is 18.1. The molecule has 5 rings (SSSR count). The molecule has 0 aromatic carbocycles. The van der Waals surface area contributed by atoms with Gasteiger partial charge < -0.3 is 15.0 Å². The van der Waals surface area contributed by atoms with Gasteiger partial charge in [0.2, 0.25) is 5.91 Å². The molecule has 0 aromatic rings. The summed E-state index contributed by atoms with van der Waals surface area (Å²) in [5, 5.41) is 2.82. The number of alkyl carbamates (subject to hydrolysis) is 1. The van der Waals surface area contributed by atoms with Crippen LogP contribution in [0, 0.1) is 35.5 Å². The summed E-state index contributed by atoms with van der Waals surface area (Å²) in [6.45, 7) is 7.74. The Labute approximate surface area is 157 Å². The van der Waals surface area contributed by atoms with Gasteiger partial charge in [0.15, 0.2) is 0 Å². The average Bonchev–Trinajstić information content (AvgIpc) is 2.46. The lowest BCUT2D eigenvalue weighted by Crippen LogP contribution is -2.55. The van der Waals surface area contributed by atoms with Crippen LogP contribution in [0.4, 0.5) is 4.79 Å². The largest absolute Gasteiger partial charge is 0.444 e. The molecule has 2 amide bonds. The third-order valence-corrected chi connectivity index (χ3v) is 7.08. The van der Waals surface area contributed by atoms with E-state index in [4.69, 9.17) is 4.74 Å².